The Kier molecular flexibility index (Phi) is 6.79. The molecule has 2 aromatic heterocycles. The molecule has 0 fully saturated rings. The number of carbonyl (C=O) groups is 1. The third kappa shape index (κ3) is 4.71. The molecule has 1 N–H and O–H groups in total. The highest BCUT2D eigenvalue weighted by Crippen LogP contribution is 2.35. The fourth-order valence-electron chi connectivity index (χ4n) is 3.92. The van der Waals surface area contributed by atoms with Gasteiger partial charge in [0, 0.05) is 30.8 Å². The number of nitrogens with zero attached hydrogens (tertiary/aromatic N) is 2. The first-order valence-corrected chi connectivity index (χ1v) is 12.3. The van der Waals surface area contributed by atoms with Crippen molar-refractivity contribution < 1.29 is 9.53 Å². The molecule has 0 saturated heterocycles. The van der Waals surface area contributed by atoms with E-state index in [1.807, 2.05) is 32.0 Å². The minimum atomic E-state index is -0.106. The zero-order valence-corrected chi connectivity index (χ0v) is 19.8. The van der Waals surface area contributed by atoms with Gasteiger partial charge in [0.1, 0.15) is 4.83 Å². The molecule has 3 aromatic rings. The molecule has 1 aliphatic carbocycles. The summed E-state index contributed by atoms with van der Waals surface area (Å²) >= 11 is 2.95. The van der Waals surface area contributed by atoms with Gasteiger partial charge >= 0.3 is 0 Å². The van der Waals surface area contributed by atoms with Gasteiger partial charge in [0.15, 0.2) is 5.16 Å². The number of methoxy groups -OCH3 is 1. The van der Waals surface area contributed by atoms with E-state index < -0.39 is 0 Å². The maximum atomic E-state index is 13.4. The van der Waals surface area contributed by atoms with Crippen molar-refractivity contribution in [3.8, 4) is 0 Å². The van der Waals surface area contributed by atoms with Crippen LogP contribution in [0.25, 0.3) is 10.2 Å². The summed E-state index contributed by atoms with van der Waals surface area (Å²) in [7, 11) is 1.66. The molecule has 0 bridgehead atoms. The summed E-state index contributed by atoms with van der Waals surface area (Å²) in [5.74, 6) is 0.0888. The fraction of sp³-hybridized carbons (Fsp3) is 0.435. The maximum Gasteiger partial charge on any atom is 0.263 e. The van der Waals surface area contributed by atoms with E-state index >= 15 is 0 Å². The summed E-state index contributed by atoms with van der Waals surface area (Å²) in [5, 5.41) is 4.36. The van der Waals surface area contributed by atoms with E-state index in [1.165, 1.54) is 22.2 Å². The first-order valence-electron chi connectivity index (χ1n) is 10.5. The van der Waals surface area contributed by atoms with Crippen LogP contribution < -0.4 is 10.9 Å². The van der Waals surface area contributed by atoms with E-state index in [1.54, 1.807) is 23.0 Å². The van der Waals surface area contributed by atoms with Gasteiger partial charge in [-0.3, -0.25) is 14.2 Å². The molecule has 1 aromatic carbocycles. The van der Waals surface area contributed by atoms with Crippen LogP contribution in [0.2, 0.25) is 0 Å². The standard InChI is InChI=1S/C23H27N3O3S2/c1-14-8-9-15(2)17(12-14)24-19(27)13-30-23-25-21-20(16-6-4-7-18(16)31-21)22(28)26(23)10-5-11-29-3/h8-9,12H,4-7,10-11,13H2,1-3H3,(H,24,27). The lowest BCUT2D eigenvalue weighted by atomic mass is 10.1. The summed E-state index contributed by atoms with van der Waals surface area (Å²) in [6, 6.07) is 5.99. The van der Waals surface area contributed by atoms with Gasteiger partial charge in [-0.1, -0.05) is 23.9 Å². The Morgan fingerprint density at radius 1 is 1.32 bits per heavy atom. The molecule has 1 aliphatic rings. The van der Waals surface area contributed by atoms with Gasteiger partial charge in [0.05, 0.1) is 11.1 Å². The molecule has 0 saturated carbocycles. The summed E-state index contributed by atoms with van der Waals surface area (Å²) in [4.78, 5) is 32.9. The number of fused-ring (bicyclic) bond motifs is 3. The molecule has 164 valence electrons. The molecule has 0 aliphatic heterocycles. The first kappa shape index (κ1) is 22.0. The summed E-state index contributed by atoms with van der Waals surface area (Å²) in [5.41, 5.74) is 4.13. The van der Waals surface area contributed by atoms with E-state index in [0.717, 1.165) is 52.7 Å². The fourth-order valence-corrected chi connectivity index (χ4v) is 6.05. The zero-order valence-electron chi connectivity index (χ0n) is 18.1. The molecule has 0 atom stereocenters. The molecule has 31 heavy (non-hydrogen) atoms. The Labute approximate surface area is 190 Å². The van der Waals surface area contributed by atoms with Crippen molar-refractivity contribution >= 4 is 44.9 Å². The first-order chi connectivity index (χ1) is 15.0. The van der Waals surface area contributed by atoms with Gasteiger partial charge < -0.3 is 10.1 Å². The molecule has 1 amide bonds. The second kappa shape index (κ2) is 9.54. The average Bonchev–Trinajstić information content (AvgIpc) is 3.32. The highest BCUT2D eigenvalue weighted by atomic mass is 32.2. The number of thiophene rings is 1. The monoisotopic (exact) mass is 457 g/mol. The second-order valence-corrected chi connectivity index (χ2v) is 9.92. The van der Waals surface area contributed by atoms with Gasteiger partial charge in [-0.05, 0) is 62.3 Å². The number of rotatable bonds is 8. The van der Waals surface area contributed by atoms with E-state index in [2.05, 4.69) is 5.32 Å². The Morgan fingerprint density at radius 2 is 2.16 bits per heavy atom. The molecular weight excluding hydrogens is 430 g/mol. The number of thioether (sulfide) groups is 1. The number of anilines is 1. The van der Waals surface area contributed by atoms with Gasteiger partial charge in [0.25, 0.3) is 5.56 Å². The van der Waals surface area contributed by atoms with Crippen LogP contribution >= 0.6 is 23.1 Å². The maximum absolute atomic E-state index is 13.4. The lowest BCUT2D eigenvalue weighted by Gasteiger charge is -2.13. The Hall–Kier alpha value is -2.16. The van der Waals surface area contributed by atoms with Crippen molar-refractivity contribution in [3.63, 3.8) is 0 Å². The molecular formula is C23H27N3O3S2. The average molecular weight is 458 g/mol. The van der Waals surface area contributed by atoms with E-state index in [9.17, 15) is 9.59 Å². The Morgan fingerprint density at radius 3 is 2.97 bits per heavy atom. The highest BCUT2D eigenvalue weighted by molar-refractivity contribution is 7.99. The summed E-state index contributed by atoms with van der Waals surface area (Å²) in [6.45, 7) is 5.08. The number of ether oxygens (including phenoxy) is 1. The van der Waals surface area contributed by atoms with Crippen LogP contribution in [-0.4, -0.2) is 34.9 Å². The number of hydrogen-bond donors (Lipinski definition) is 1. The van der Waals surface area contributed by atoms with Crippen molar-refractivity contribution in [2.24, 2.45) is 0 Å². The molecule has 8 heteroatoms. The number of nitrogens with one attached hydrogen (secondary N) is 1. The number of carbonyl (C=O) groups excluding carboxylic acids is 1. The molecule has 0 unspecified atom stereocenters. The van der Waals surface area contributed by atoms with E-state index in [-0.39, 0.29) is 17.2 Å². The third-order valence-corrected chi connectivity index (χ3v) is 7.68. The number of aryl methyl sites for hydroxylation is 4. The van der Waals surface area contributed by atoms with Crippen molar-refractivity contribution in [2.75, 3.05) is 24.8 Å². The molecule has 0 spiro atoms. The lowest BCUT2D eigenvalue weighted by Crippen LogP contribution is -2.25. The largest absolute Gasteiger partial charge is 0.385 e. The number of hydrogen-bond acceptors (Lipinski definition) is 6. The van der Waals surface area contributed by atoms with Crippen molar-refractivity contribution in [1.82, 2.24) is 9.55 Å². The number of benzene rings is 1. The van der Waals surface area contributed by atoms with Crippen molar-refractivity contribution in [3.05, 3.63) is 50.1 Å². The molecule has 0 radical (unpaired) electrons. The smallest absolute Gasteiger partial charge is 0.263 e. The van der Waals surface area contributed by atoms with E-state index in [4.69, 9.17) is 9.72 Å². The van der Waals surface area contributed by atoms with Crippen LogP contribution in [0.1, 0.15) is 34.4 Å². The van der Waals surface area contributed by atoms with Crippen LogP contribution in [0.4, 0.5) is 5.69 Å². The molecule has 2 heterocycles. The van der Waals surface area contributed by atoms with Gasteiger partial charge in [-0.25, -0.2) is 4.98 Å². The second-order valence-electron chi connectivity index (χ2n) is 7.89. The number of amides is 1. The number of aromatic nitrogens is 2. The van der Waals surface area contributed by atoms with Crippen molar-refractivity contribution in [2.45, 2.75) is 51.2 Å². The van der Waals surface area contributed by atoms with Crippen molar-refractivity contribution in [1.29, 1.82) is 0 Å². The van der Waals surface area contributed by atoms with Crippen LogP contribution in [0, 0.1) is 13.8 Å². The van der Waals surface area contributed by atoms with Gasteiger partial charge in [-0.2, -0.15) is 0 Å². The molecule has 6 nitrogen and oxygen atoms in total. The normalized spacial score (nSPS) is 13.0. The van der Waals surface area contributed by atoms with Gasteiger partial charge in [0.2, 0.25) is 5.91 Å². The van der Waals surface area contributed by atoms with Crippen LogP contribution in [-0.2, 0) is 28.9 Å². The molecule has 4 rings (SSSR count). The minimum Gasteiger partial charge on any atom is -0.385 e. The topological polar surface area (TPSA) is 73.2 Å². The summed E-state index contributed by atoms with van der Waals surface area (Å²) in [6.07, 6.45) is 3.81. The van der Waals surface area contributed by atoms with Gasteiger partial charge in [-0.15, -0.1) is 11.3 Å². The highest BCUT2D eigenvalue weighted by Gasteiger charge is 2.23. The minimum absolute atomic E-state index is 0.0120. The van der Waals surface area contributed by atoms with Crippen LogP contribution in [0.3, 0.4) is 0 Å². The Balaban J connectivity index is 1.58. The Bertz CT molecular complexity index is 1180. The lowest BCUT2D eigenvalue weighted by molar-refractivity contribution is -0.113. The summed E-state index contributed by atoms with van der Waals surface area (Å²) < 4.78 is 6.90. The third-order valence-electron chi connectivity index (χ3n) is 5.52. The predicted molar refractivity (Wildman–Crippen MR) is 128 cm³/mol. The zero-order chi connectivity index (χ0) is 22.0. The SMILES string of the molecule is COCCCn1c(SCC(=O)Nc2cc(C)ccc2C)nc2sc3c(c2c1=O)CCC3. The van der Waals surface area contributed by atoms with Crippen LogP contribution in [0.15, 0.2) is 28.2 Å². The quantitative estimate of drug-likeness (QED) is 0.310. The van der Waals surface area contributed by atoms with Crippen LogP contribution in [0.5, 0.6) is 0 Å². The van der Waals surface area contributed by atoms with E-state index in [0.29, 0.717) is 18.3 Å². The predicted octanol–water partition coefficient (Wildman–Crippen LogP) is 4.33.